The Balaban J connectivity index is 1.41. The van der Waals surface area contributed by atoms with E-state index < -0.39 is 0 Å². The molecule has 0 radical (unpaired) electrons. The number of anilines is 1. The number of phenolic OH excluding ortho intramolecular Hbond substituents is 1. The van der Waals surface area contributed by atoms with E-state index in [1.165, 1.54) is 29.0 Å². The van der Waals surface area contributed by atoms with Gasteiger partial charge in [0.15, 0.2) is 5.13 Å². The van der Waals surface area contributed by atoms with Crippen molar-refractivity contribution in [3.05, 3.63) is 53.3 Å². The normalized spacial score (nSPS) is 25.7. The fraction of sp³-hybridized carbons (Fsp3) is 0.364. The summed E-state index contributed by atoms with van der Waals surface area (Å²) >= 11 is 1.31. The summed E-state index contributed by atoms with van der Waals surface area (Å²) in [6.07, 6.45) is 1.69. The molecule has 156 valence electrons. The van der Waals surface area contributed by atoms with E-state index >= 15 is 0 Å². The van der Waals surface area contributed by atoms with E-state index in [-0.39, 0.29) is 35.1 Å². The molecule has 5 rings (SSSR count). The first-order valence-electron chi connectivity index (χ1n) is 10.00. The number of hydrogen-bond donors (Lipinski definition) is 3. The SMILES string of the molecule is CN1CCC2(C)c3cc(O)ccc3C[C@@H]1[C@H]2NC(=O)Nc1nc2cc(F)ccc2s1. The molecule has 8 heteroatoms. The monoisotopic (exact) mass is 426 g/mol. The van der Waals surface area contributed by atoms with Crippen molar-refractivity contribution in [3.63, 3.8) is 0 Å². The standard InChI is InChI=1S/C22H23FN4O2S/c1-22-7-8-27(2)17(9-12-3-5-14(28)11-15(12)22)19(22)25-20(29)26-21-24-16-10-13(23)4-6-18(16)30-21/h3-6,10-11,17,19,28H,7-9H2,1-2H3,(H2,24,25,26,29)/t17-,19-,22?/m1/s1. The summed E-state index contributed by atoms with van der Waals surface area (Å²) < 4.78 is 14.2. The molecule has 1 fully saturated rings. The Bertz CT molecular complexity index is 1150. The minimum atomic E-state index is -0.350. The van der Waals surface area contributed by atoms with Gasteiger partial charge in [0, 0.05) is 17.5 Å². The van der Waals surface area contributed by atoms with Crippen molar-refractivity contribution in [2.45, 2.75) is 37.3 Å². The number of piperidine rings is 1. The van der Waals surface area contributed by atoms with Crippen LogP contribution in [0.1, 0.15) is 24.5 Å². The van der Waals surface area contributed by atoms with Crippen LogP contribution in [0.25, 0.3) is 10.2 Å². The van der Waals surface area contributed by atoms with Crippen molar-refractivity contribution in [3.8, 4) is 5.75 Å². The predicted molar refractivity (Wildman–Crippen MR) is 116 cm³/mol. The maximum Gasteiger partial charge on any atom is 0.321 e. The van der Waals surface area contributed by atoms with Gasteiger partial charge in [-0.15, -0.1) is 0 Å². The third kappa shape index (κ3) is 3.11. The number of amides is 2. The third-order valence-electron chi connectivity index (χ3n) is 6.62. The van der Waals surface area contributed by atoms with Crippen LogP contribution in [-0.4, -0.2) is 46.7 Å². The minimum absolute atomic E-state index is 0.114. The Labute approximate surface area is 177 Å². The summed E-state index contributed by atoms with van der Waals surface area (Å²) in [5, 5.41) is 16.5. The van der Waals surface area contributed by atoms with Crippen LogP contribution < -0.4 is 10.6 Å². The van der Waals surface area contributed by atoms with Gasteiger partial charge in [0.2, 0.25) is 0 Å². The Morgan fingerprint density at radius 1 is 1.33 bits per heavy atom. The number of thiazole rings is 1. The summed E-state index contributed by atoms with van der Waals surface area (Å²) in [5.74, 6) is -0.103. The summed E-state index contributed by atoms with van der Waals surface area (Å²) in [6.45, 7) is 3.09. The maximum absolute atomic E-state index is 13.4. The van der Waals surface area contributed by atoms with Crippen LogP contribution in [0.5, 0.6) is 5.75 Å². The molecule has 3 N–H and O–H groups in total. The molecule has 1 aromatic heterocycles. The quantitative estimate of drug-likeness (QED) is 0.582. The summed E-state index contributed by atoms with van der Waals surface area (Å²) in [6, 6.07) is 9.70. The smallest absolute Gasteiger partial charge is 0.321 e. The second-order valence-electron chi connectivity index (χ2n) is 8.47. The van der Waals surface area contributed by atoms with Gasteiger partial charge < -0.3 is 15.3 Å². The lowest BCUT2D eigenvalue weighted by Crippen LogP contribution is -2.67. The zero-order valence-electron chi connectivity index (χ0n) is 16.8. The van der Waals surface area contributed by atoms with Crippen molar-refractivity contribution in [1.82, 2.24) is 15.2 Å². The van der Waals surface area contributed by atoms with Crippen LogP contribution in [-0.2, 0) is 11.8 Å². The van der Waals surface area contributed by atoms with Crippen LogP contribution in [0.2, 0.25) is 0 Å². The molecule has 3 atom stereocenters. The number of aromatic nitrogens is 1. The molecule has 2 amide bonds. The summed E-state index contributed by atoms with van der Waals surface area (Å²) in [7, 11) is 2.09. The van der Waals surface area contributed by atoms with Crippen LogP contribution in [0.15, 0.2) is 36.4 Å². The topological polar surface area (TPSA) is 77.5 Å². The van der Waals surface area contributed by atoms with Crippen molar-refractivity contribution < 1.29 is 14.3 Å². The molecule has 2 heterocycles. The van der Waals surface area contributed by atoms with Crippen molar-refractivity contribution in [1.29, 1.82) is 0 Å². The Hall–Kier alpha value is -2.71. The van der Waals surface area contributed by atoms with Crippen molar-refractivity contribution in [2.24, 2.45) is 0 Å². The number of benzene rings is 2. The number of aromatic hydroxyl groups is 1. The highest BCUT2D eigenvalue weighted by Crippen LogP contribution is 2.45. The number of phenols is 1. The Morgan fingerprint density at radius 3 is 3.00 bits per heavy atom. The van der Waals surface area contributed by atoms with Crippen LogP contribution in [0.3, 0.4) is 0 Å². The van der Waals surface area contributed by atoms with Crippen LogP contribution in [0, 0.1) is 5.82 Å². The molecule has 6 nitrogen and oxygen atoms in total. The van der Waals surface area contributed by atoms with Crippen molar-refractivity contribution >= 4 is 32.7 Å². The molecule has 30 heavy (non-hydrogen) atoms. The zero-order chi connectivity index (χ0) is 21.0. The molecule has 2 aromatic carbocycles. The Kier molecular flexibility index (Phi) is 4.44. The van der Waals surface area contributed by atoms with Gasteiger partial charge in [0.1, 0.15) is 11.6 Å². The zero-order valence-corrected chi connectivity index (χ0v) is 17.6. The van der Waals surface area contributed by atoms with E-state index in [1.807, 2.05) is 12.1 Å². The second-order valence-corrected chi connectivity index (χ2v) is 9.50. The number of likely N-dealkylation sites (tertiary alicyclic amines) is 1. The van der Waals surface area contributed by atoms with E-state index in [4.69, 9.17) is 0 Å². The number of fused-ring (bicyclic) bond motifs is 5. The predicted octanol–water partition coefficient (Wildman–Crippen LogP) is 3.85. The fourth-order valence-corrected chi connectivity index (χ4v) is 5.81. The van der Waals surface area contributed by atoms with E-state index in [1.54, 1.807) is 12.1 Å². The lowest BCUT2D eigenvalue weighted by Gasteiger charge is -2.54. The molecule has 1 unspecified atom stereocenters. The number of nitrogens with zero attached hydrogens (tertiary/aromatic N) is 2. The summed E-state index contributed by atoms with van der Waals surface area (Å²) in [5.41, 5.74) is 2.57. The number of urea groups is 1. The molecule has 1 aliphatic heterocycles. The van der Waals surface area contributed by atoms with Gasteiger partial charge >= 0.3 is 6.03 Å². The molecule has 0 spiro atoms. The highest BCUT2D eigenvalue weighted by Gasteiger charge is 2.50. The average molecular weight is 427 g/mol. The molecular formula is C22H23FN4O2S. The highest BCUT2D eigenvalue weighted by atomic mass is 32.1. The van der Waals surface area contributed by atoms with Gasteiger partial charge in [-0.25, -0.2) is 14.2 Å². The van der Waals surface area contributed by atoms with Gasteiger partial charge in [-0.2, -0.15) is 0 Å². The first-order chi connectivity index (χ1) is 14.3. The Morgan fingerprint density at radius 2 is 2.17 bits per heavy atom. The minimum Gasteiger partial charge on any atom is -0.508 e. The number of likely N-dealkylation sites (N-methyl/N-ethyl adjacent to an activating group) is 1. The number of carbonyl (C=O) groups is 1. The average Bonchev–Trinajstić information content (AvgIpc) is 3.09. The maximum atomic E-state index is 13.4. The van der Waals surface area contributed by atoms with Gasteiger partial charge in [0.05, 0.1) is 16.3 Å². The summed E-state index contributed by atoms with van der Waals surface area (Å²) in [4.78, 5) is 19.5. The van der Waals surface area contributed by atoms with E-state index in [9.17, 15) is 14.3 Å². The molecular weight excluding hydrogens is 403 g/mol. The molecule has 0 saturated carbocycles. The highest BCUT2D eigenvalue weighted by molar-refractivity contribution is 7.22. The molecule has 2 bridgehead atoms. The van der Waals surface area contributed by atoms with E-state index in [2.05, 4.69) is 34.5 Å². The lowest BCUT2D eigenvalue weighted by atomic mass is 9.61. The molecule has 1 saturated heterocycles. The van der Waals surface area contributed by atoms with E-state index in [0.717, 1.165) is 29.6 Å². The van der Waals surface area contributed by atoms with Gasteiger partial charge in [-0.3, -0.25) is 5.32 Å². The number of nitrogens with one attached hydrogen (secondary N) is 2. The number of halogens is 1. The number of rotatable bonds is 2. The first kappa shape index (κ1) is 19.3. The van der Waals surface area contributed by atoms with Crippen LogP contribution >= 0.6 is 11.3 Å². The van der Waals surface area contributed by atoms with Crippen LogP contribution in [0.4, 0.5) is 14.3 Å². The fourth-order valence-electron chi connectivity index (χ4n) is 4.97. The molecule has 1 aliphatic carbocycles. The van der Waals surface area contributed by atoms with Crippen molar-refractivity contribution in [2.75, 3.05) is 18.9 Å². The third-order valence-corrected chi connectivity index (χ3v) is 7.57. The number of carbonyl (C=O) groups excluding carboxylic acids is 1. The molecule has 2 aliphatic rings. The molecule has 3 aromatic rings. The first-order valence-corrected chi connectivity index (χ1v) is 10.8. The lowest BCUT2D eigenvalue weighted by molar-refractivity contribution is 0.0718. The largest absolute Gasteiger partial charge is 0.508 e. The van der Waals surface area contributed by atoms with Gasteiger partial charge in [-0.05, 0) is 61.8 Å². The second kappa shape index (κ2) is 6.92. The number of hydrogen-bond acceptors (Lipinski definition) is 5. The van der Waals surface area contributed by atoms with Gasteiger partial charge in [-0.1, -0.05) is 24.3 Å². The van der Waals surface area contributed by atoms with Gasteiger partial charge in [0.25, 0.3) is 0 Å². The van der Waals surface area contributed by atoms with E-state index in [0.29, 0.717) is 10.6 Å².